The lowest BCUT2D eigenvalue weighted by Crippen LogP contribution is -2.49. The smallest absolute Gasteiger partial charge is 0.342 e. The average molecular weight is 355 g/mol. The van der Waals surface area contributed by atoms with Gasteiger partial charge in [-0.3, -0.25) is 4.79 Å². The number of ether oxygens (including phenoxy) is 2. The van der Waals surface area contributed by atoms with Crippen molar-refractivity contribution in [2.45, 2.75) is 45.2 Å². The highest BCUT2D eigenvalue weighted by molar-refractivity contribution is 6.33. The molecule has 24 heavy (non-hydrogen) atoms. The fraction of sp³-hybridized carbons (Fsp3) is 0.529. The van der Waals surface area contributed by atoms with Gasteiger partial charge in [0.1, 0.15) is 11.3 Å². The first kappa shape index (κ1) is 18.4. The van der Waals surface area contributed by atoms with Gasteiger partial charge in [-0.15, -0.1) is 0 Å². The molecular weight excluding hydrogens is 332 g/mol. The number of amides is 1. The van der Waals surface area contributed by atoms with Crippen LogP contribution in [-0.2, 0) is 9.53 Å². The number of rotatable bonds is 4. The first-order valence-electron chi connectivity index (χ1n) is 7.96. The molecule has 1 fully saturated rings. The predicted octanol–water partition coefficient (Wildman–Crippen LogP) is 2.88. The SMILES string of the molecule is COc1cc(N)c(Cl)cc1C(=O)OCC(=O)N1C(C)CCCC1C. The van der Waals surface area contributed by atoms with Crippen LogP contribution in [0.25, 0.3) is 0 Å². The lowest BCUT2D eigenvalue weighted by molar-refractivity contribution is -0.140. The maximum atomic E-state index is 12.4. The molecule has 2 N–H and O–H groups in total. The summed E-state index contributed by atoms with van der Waals surface area (Å²) in [6, 6.07) is 3.14. The molecule has 1 saturated heterocycles. The minimum Gasteiger partial charge on any atom is -0.496 e. The third kappa shape index (κ3) is 3.93. The highest BCUT2D eigenvalue weighted by Crippen LogP contribution is 2.29. The third-order valence-electron chi connectivity index (χ3n) is 4.35. The highest BCUT2D eigenvalue weighted by atomic mass is 35.5. The lowest BCUT2D eigenvalue weighted by atomic mass is 9.97. The van der Waals surface area contributed by atoms with E-state index in [-0.39, 0.29) is 40.9 Å². The minimum atomic E-state index is -0.667. The maximum absolute atomic E-state index is 12.4. The molecule has 1 aromatic carbocycles. The molecule has 1 aliphatic heterocycles. The molecule has 0 aliphatic carbocycles. The standard InChI is InChI=1S/C17H23ClN2O4/c1-10-5-4-6-11(2)20(10)16(21)9-24-17(22)12-7-13(18)14(19)8-15(12)23-3/h7-8,10-11H,4-6,9,19H2,1-3H3. The van der Waals surface area contributed by atoms with Crippen molar-refractivity contribution in [3.05, 3.63) is 22.7 Å². The summed E-state index contributed by atoms with van der Waals surface area (Å²) >= 11 is 5.95. The minimum absolute atomic E-state index is 0.143. The van der Waals surface area contributed by atoms with E-state index >= 15 is 0 Å². The molecule has 0 radical (unpaired) electrons. The Kier molecular flexibility index (Phi) is 5.94. The number of anilines is 1. The molecule has 7 heteroatoms. The average Bonchev–Trinajstić information content (AvgIpc) is 2.54. The number of carbonyl (C=O) groups excluding carboxylic acids is 2. The van der Waals surface area contributed by atoms with Crippen LogP contribution in [0.1, 0.15) is 43.5 Å². The van der Waals surface area contributed by atoms with Crippen LogP contribution in [0.5, 0.6) is 5.75 Å². The van der Waals surface area contributed by atoms with Gasteiger partial charge in [-0.05, 0) is 39.2 Å². The van der Waals surface area contributed by atoms with Crippen LogP contribution >= 0.6 is 11.6 Å². The van der Waals surface area contributed by atoms with E-state index in [0.29, 0.717) is 5.69 Å². The second-order valence-electron chi connectivity index (χ2n) is 6.08. The molecule has 2 atom stereocenters. The molecule has 2 unspecified atom stereocenters. The zero-order valence-electron chi connectivity index (χ0n) is 14.2. The zero-order chi connectivity index (χ0) is 17.9. The van der Waals surface area contributed by atoms with Crippen molar-refractivity contribution in [2.24, 2.45) is 0 Å². The van der Waals surface area contributed by atoms with Gasteiger partial charge in [-0.1, -0.05) is 11.6 Å². The summed E-state index contributed by atoms with van der Waals surface area (Å²) in [7, 11) is 1.42. The molecule has 1 amide bonds. The van der Waals surface area contributed by atoms with E-state index in [1.807, 2.05) is 13.8 Å². The summed E-state index contributed by atoms with van der Waals surface area (Å²) in [6.45, 7) is 3.72. The predicted molar refractivity (Wildman–Crippen MR) is 92.3 cm³/mol. The summed E-state index contributed by atoms with van der Waals surface area (Å²) in [5.41, 5.74) is 6.14. The molecule has 6 nitrogen and oxygen atoms in total. The van der Waals surface area contributed by atoms with Crippen molar-refractivity contribution < 1.29 is 19.1 Å². The molecule has 132 valence electrons. The first-order valence-corrected chi connectivity index (χ1v) is 8.34. The number of piperidine rings is 1. The Labute approximate surface area is 146 Å². The van der Waals surface area contributed by atoms with E-state index < -0.39 is 5.97 Å². The second kappa shape index (κ2) is 7.75. The molecule has 1 aromatic rings. The fourth-order valence-electron chi connectivity index (χ4n) is 3.09. The number of esters is 1. The quantitative estimate of drug-likeness (QED) is 0.664. The molecule has 1 heterocycles. The summed E-state index contributed by atoms with van der Waals surface area (Å²) in [5, 5.41) is 0.229. The Morgan fingerprint density at radius 3 is 2.50 bits per heavy atom. The van der Waals surface area contributed by atoms with Crippen molar-refractivity contribution in [1.82, 2.24) is 4.90 Å². The number of carbonyl (C=O) groups is 2. The highest BCUT2D eigenvalue weighted by Gasteiger charge is 2.29. The molecule has 0 bridgehead atoms. The van der Waals surface area contributed by atoms with Gasteiger partial charge in [0, 0.05) is 18.2 Å². The molecule has 0 aromatic heterocycles. The van der Waals surface area contributed by atoms with Crippen LogP contribution in [0.3, 0.4) is 0 Å². The number of nitrogens with zero attached hydrogens (tertiary/aromatic N) is 1. The molecule has 0 spiro atoms. The van der Waals surface area contributed by atoms with Crippen LogP contribution in [0.2, 0.25) is 5.02 Å². The number of hydrogen-bond donors (Lipinski definition) is 1. The summed E-state index contributed by atoms with van der Waals surface area (Å²) in [5.74, 6) is -0.600. The molecule has 2 rings (SSSR count). The largest absolute Gasteiger partial charge is 0.496 e. The van der Waals surface area contributed by atoms with Crippen LogP contribution in [-0.4, -0.2) is 42.6 Å². The summed E-state index contributed by atoms with van der Waals surface area (Å²) < 4.78 is 10.3. The van der Waals surface area contributed by atoms with Gasteiger partial charge >= 0.3 is 5.97 Å². The van der Waals surface area contributed by atoms with Crippen molar-refractivity contribution in [2.75, 3.05) is 19.5 Å². The number of nitrogens with two attached hydrogens (primary N) is 1. The van der Waals surface area contributed by atoms with E-state index in [2.05, 4.69) is 0 Å². The fourth-order valence-corrected chi connectivity index (χ4v) is 3.25. The Bertz CT molecular complexity index is 625. The first-order chi connectivity index (χ1) is 11.3. The Morgan fingerprint density at radius 1 is 1.29 bits per heavy atom. The van der Waals surface area contributed by atoms with Gasteiger partial charge in [0.25, 0.3) is 5.91 Å². The number of hydrogen-bond acceptors (Lipinski definition) is 5. The van der Waals surface area contributed by atoms with E-state index in [4.69, 9.17) is 26.8 Å². The van der Waals surface area contributed by atoms with Gasteiger partial charge in [-0.25, -0.2) is 4.79 Å². The van der Waals surface area contributed by atoms with Crippen molar-refractivity contribution in [1.29, 1.82) is 0 Å². The molecule has 1 aliphatic rings. The topological polar surface area (TPSA) is 81.9 Å². The van der Waals surface area contributed by atoms with Crippen LogP contribution in [0.4, 0.5) is 5.69 Å². The van der Waals surface area contributed by atoms with E-state index in [0.717, 1.165) is 19.3 Å². The number of methoxy groups -OCH3 is 1. The Hall–Kier alpha value is -1.95. The monoisotopic (exact) mass is 354 g/mol. The molecular formula is C17H23ClN2O4. The number of benzene rings is 1. The number of likely N-dealkylation sites (tertiary alicyclic amines) is 1. The Balaban J connectivity index is 2.05. The Morgan fingerprint density at radius 2 is 1.92 bits per heavy atom. The van der Waals surface area contributed by atoms with E-state index in [1.165, 1.54) is 19.2 Å². The van der Waals surface area contributed by atoms with Gasteiger partial charge in [0.05, 0.1) is 17.8 Å². The number of nitrogen functional groups attached to an aromatic ring is 1. The van der Waals surface area contributed by atoms with Crippen molar-refractivity contribution in [3.8, 4) is 5.75 Å². The third-order valence-corrected chi connectivity index (χ3v) is 4.67. The lowest BCUT2D eigenvalue weighted by Gasteiger charge is -2.38. The normalized spacial score (nSPS) is 20.6. The van der Waals surface area contributed by atoms with Crippen molar-refractivity contribution >= 4 is 29.2 Å². The van der Waals surface area contributed by atoms with E-state index in [1.54, 1.807) is 4.90 Å². The van der Waals surface area contributed by atoms with Crippen LogP contribution in [0, 0.1) is 0 Å². The van der Waals surface area contributed by atoms with Crippen LogP contribution < -0.4 is 10.5 Å². The van der Waals surface area contributed by atoms with Gasteiger partial charge in [0.2, 0.25) is 0 Å². The second-order valence-corrected chi connectivity index (χ2v) is 6.49. The maximum Gasteiger partial charge on any atom is 0.342 e. The van der Waals surface area contributed by atoms with E-state index in [9.17, 15) is 9.59 Å². The summed E-state index contributed by atoms with van der Waals surface area (Å²) in [4.78, 5) is 26.5. The van der Waals surface area contributed by atoms with Gasteiger partial charge in [-0.2, -0.15) is 0 Å². The number of halogens is 1. The zero-order valence-corrected chi connectivity index (χ0v) is 14.9. The van der Waals surface area contributed by atoms with Gasteiger partial charge in [0.15, 0.2) is 6.61 Å². The van der Waals surface area contributed by atoms with Crippen molar-refractivity contribution in [3.63, 3.8) is 0 Å². The summed E-state index contributed by atoms with van der Waals surface area (Å²) in [6.07, 6.45) is 3.03. The molecule has 0 saturated carbocycles. The van der Waals surface area contributed by atoms with Gasteiger partial charge < -0.3 is 20.1 Å². The van der Waals surface area contributed by atoms with Crippen LogP contribution in [0.15, 0.2) is 12.1 Å².